The highest BCUT2D eigenvalue weighted by molar-refractivity contribution is 5.94. The Morgan fingerprint density at radius 3 is 2.55 bits per heavy atom. The maximum absolute atomic E-state index is 14.3. The Morgan fingerprint density at radius 2 is 1.84 bits per heavy atom. The average molecular weight is 430 g/mol. The minimum absolute atomic E-state index is 0.315. The van der Waals surface area contributed by atoms with Gasteiger partial charge in [0.1, 0.15) is 11.6 Å². The molecule has 162 valence electrons. The fourth-order valence-corrected chi connectivity index (χ4v) is 3.49. The maximum Gasteiger partial charge on any atom is 0.266 e. The Kier molecular flexibility index (Phi) is 6.17. The van der Waals surface area contributed by atoms with E-state index in [1.54, 1.807) is 12.3 Å². The summed E-state index contributed by atoms with van der Waals surface area (Å²) in [5, 5.41) is 9.87. The zero-order valence-corrected chi connectivity index (χ0v) is 16.6. The first-order valence-corrected chi connectivity index (χ1v) is 9.82. The summed E-state index contributed by atoms with van der Waals surface area (Å²) < 4.78 is 40.1. The molecule has 1 aliphatic rings. The molecule has 4 rings (SSSR count). The molecule has 0 bridgehead atoms. The number of H-pyrrole nitrogens is 1. The molecule has 1 aromatic carbocycles. The number of benzene rings is 1. The number of hydrogen-bond acceptors (Lipinski definition) is 5. The van der Waals surface area contributed by atoms with Crippen molar-refractivity contribution in [3.05, 3.63) is 71.3 Å². The van der Waals surface area contributed by atoms with Gasteiger partial charge in [0.15, 0.2) is 5.82 Å². The molecule has 0 atom stereocenters. The second-order valence-electron chi connectivity index (χ2n) is 7.18. The lowest BCUT2D eigenvalue weighted by molar-refractivity contribution is 0.0621. The van der Waals surface area contributed by atoms with Gasteiger partial charge in [-0.05, 0) is 18.2 Å². The zero-order valence-electron chi connectivity index (χ0n) is 16.6. The van der Waals surface area contributed by atoms with Crippen molar-refractivity contribution < 1.29 is 18.0 Å². The number of nitrogens with zero attached hydrogens (tertiary/aromatic N) is 4. The van der Waals surface area contributed by atoms with Crippen molar-refractivity contribution in [3.8, 4) is 0 Å². The summed E-state index contributed by atoms with van der Waals surface area (Å²) in [6, 6.07) is 11.0. The van der Waals surface area contributed by atoms with E-state index in [9.17, 15) is 18.0 Å². The van der Waals surface area contributed by atoms with E-state index in [0.29, 0.717) is 44.4 Å². The number of carbonyl (C=O) groups is 1. The Bertz CT molecular complexity index is 1040. The Labute approximate surface area is 176 Å². The van der Waals surface area contributed by atoms with Gasteiger partial charge in [-0.3, -0.25) is 14.8 Å². The van der Waals surface area contributed by atoms with Gasteiger partial charge in [0.05, 0.1) is 16.8 Å². The van der Waals surface area contributed by atoms with E-state index >= 15 is 0 Å². The van der Waals surface area contributed by atoms with Gasteiger partial charge in [0, 0.05) is 45.0 Å². The monoisotopic (exact) mass is 430 g/mol. The minimum Gasteiger partial charge on any atom is -0.336 e. The molecule has 31 heavy (non-hydrogen) atoms. The van der Waals surface area contributed by atoms with E-state index in [-0.39, 0.29) is 5.56 Å². The summed E-state index contributed by atoms with van der Waals surface area (Å²) in [5.74, 6) is -0.369. The van der Waals surface area contributed by atoms with Crippen LogP contribution in [0.5, 0.6) is 0 Å². The smallest absolute Gasteiger partial charge is 0.266 e. The molecule has 0 aliphatic carbocycles. The Hall–Kier alpha value is -3.40. The van der Waals surface area contributed by atoms with Gasteiger partial charge < -0.3 is 10.2 Å². The van der Waals surface area contributed by atoms with Crippen LogP contribution in [-0.4, -0.2) is 57.1 Å². The predicted octanol–water partition coefficient (Wildman–Crippen LogP) is 3.58. The summed E-state index contributed by atoms with van der Waals surface area (Å²) in [5.41, 5.74) is -0.208. The largest absolute Gasteiger partial charge is 0.336 e. The maximum atomic E-state index is 14.3. The van der Waals surface area contributed by atoms with Gasteiger partial charge in [0.2, 0.25) is 0 Å². The summed E-state index contributed by atoms with van der Waals surface area (Å²) in [6.45, 7) is 2.49. The highest BCUT2D eigenvalue weighted by Crippen LogP contribution is 2.25. The van der Waals surface area contributed by atoms with Gasteiger partial charge in [0.25, 0.3) is 12.3 Å². The number of rotatable bonds is 6. The third-order valence-electron chi connectivity index (χ3n) is 5.10. The third kappa shape index (κ3) is 4.85. The quantitative estimate of drug-likeness (QED) is 0.625. The zero-order chi connectivity index (χ0) is 21.8. The second kappa shape index (κ2) is 9.17. The molecule has 1 saturated heterocycles. The van der Waals surface area contributed by atoms with Crippen LogP contribution in [0.4, 0.5) is 24.8 Å². The van der Waals surface area contributed by atoms with Gasteiger partial charge in [-0.2, -0.15) is 5.10 Å². The second-order valence-corrected chi connectivity index (χ2v) is 7.18. The summed E-state index contributed by atoms with van der Waals surface area (Å²) in [4.78, 5) is 20.9. The van der Waals surface area contributed by atoms with Crippen LogP contribution in [0.15, 0.2) is 48.7 Å². The van der Waals surface area contributed by atoms with Crippen molar-refractivity contribution in [2.75, 3.05) is 31.5 Å². The molecule has 1 aliphatic heterocycles. The lowest BCUT2D eigenvalue weighted by Gasteiger charge is -2.34. The van der Waals surface area contributed by atoms with Crippen LogP contribution in [0.3, 0.4) is 0 Å². The number of aromatic amines is 1. The predicted molar refractivity (Wildman–Crippen MR) is 109 cm³/mol. The number of alkyl halides is 2. The summed E-state index contributed by atoms with van der Waals surface area (Å²) in [7, 11) is 0. The van der Waals surface area contributed by atoms with E-state index in [2.05, 4.69) is 25.4 Å². The molecule has 1 fully saturated rings. The van der Waals surface area contributed by atoms with E-state index < -0.39 is 23.7 Å². The van der Waals surface area contributed by atoms with Crippen LogP contribution in [-0.2, 0) is 6.54 Å². The fraction of sp³-hybridized carbons (Fsp3) is 0.286. The minimum atomic E-state index is -2.96. The lowest BCUT2D eigenvalue weighted by Crippen LogP contribution is -2.48. The standard InChI is InChI=1S/C21H21F3N6O/c22-19-15(20(23)24)4-2-5-16(19)21(31)30-11-9-29(10-12-30)13-14-3-1-6-17(26-14)27-18-7-8-25-28-18/h1-8,20H,9-13H2,(H2,25,26,27,28). The highest BCUT2D eigenvalue weighted by Gasteiger charge is 2.26. The van der Waals surface area contributed by atoms with Crippen molar-refractivity contribution in [1.82, 2.24) is 25.0 Å². The molecule has 0 saturated carbocycles. The molecule has 10 heteroatoms. The molecule has 1 amide bonds. The Morgan fingerprint density at radius 1 is 1.06 bits per heavy atom. The first-order valence-electron chi connectivity index (χ1n) is 9.82. The van der Waals surface area contributed by atoms with E-state index in [1.165, 1.54) is 17.0 Å². The van der Waals surface area contributed by atoms with Crippen LogP contribution >= 0.6 is 0 Å². The highest BCUT2D eigenvalue weighted by atomic mass is 19.3. The van der Waals surface area contributed by atoms with Crippen molar-refractivity contribution in [2.24, 2.45) is 0 Å². The van der Waals surface area contributed by atoms with Crippen LogP contribution < -0.4 is 5.32 Å². The first kappa shape index (κ1) is 20.9. The summed E-state index contributed by atoms with van der Waals surface area (Å²) in [6.07, 6.45) is -1.25. The van der Waals surface area contributed by atoms with Gasteiger partial charge in [-0.1, -0.05) is 18.2 Å². The van der Waals surface area contributed by atoms with Gasteiger partial charge in [-0.15, -0.1) is 0 Å². The van der Waals surface area contributed by atoms with E-state index in [4.69, 9.17) is 0 Å². The molecule has 0 radical (unpaired) electrons. The van der Waals surface area contributed by atoms with Crippen molar-refractivity contribution in [1.29, 1.82) is 0 Å². The van der Waals surface area contributed by atoms with Crippen LogP contribution in [0.1, 0.15) is 28.0 Å². The topological polar surface area (TPSA) is 77.2 Å². The number of nitrogens with one attached hydrogen (secondary N) is 2. The van der Waals surface area contributed by atoms with E-state index in [0.717, 1.165) is 11.8 Å². The van der Waals surface area contributed by atoms with Crippen molar-refractivity contribution in [3.63, 3.8) is 0 Å². The Balaban J connectivity index is 1.35. The van der Waals surface area contributed by atoms with Gasteiger partial charge in [-0.25, -0.2) is 18.2 Å². The third-order valence-corrected chi connectivity index (χ3v) is 5.10. The molecule has 7 nitrogen and oxygen atoms in total. The van der Waals surface area contributed by atoms with Crippen LogP contribution in [0.25, 0.3) is 0 Å². The van der Waals surface area contributed by atoms with Crippen molar-refractivity contribution in [2.45, 2.75) is 13.0 Å². The van der Waals surface area contributed by atoms with E-state index in [1.807, 2.05) is 18.2 Å². The number of hydrogen-bond donors (Lipinski definition) is 2. The van der Waals surface area contributed by atoms with Crippen LogP contribution in [0, 0.1) is 5.82 Å². The number of aromatic nitrogens is 3. The number of piperazine rings is 1. The number of carbonyl (C=O) groups excluding carboxylic acids is 1. The number of halogens is 3. The fourth-order valence-electron chi connectivity index (χ4n) is 3.49. The molecular formula is C21H21F3N6O. The van der Waals surface area contributed by atoms with Crippen molar-refractivity contribution >= 4 is 17.5 Å². The summed E-state index contributed by atoms with van der Waals surface area (Å²) >= 11 is 0. The molecule has 3 heterocycles. The average Bonchev–Trinajstić information content (AvgIpc) is 3.27. The molecule has 2 aromatic heterocycles. The van der Waals surface area contributed by atoms with Crippen LogP contribution in [0.2, 0.25) is 0 Å². The molecule has 2 N–H and O–H groups in total. The molecule has 0 unspecified atom stereocenters. The molecule has 0 spiro atoms. The number of pyridine rings is 1. The SMILES string of the molecule is O=C(c1cccc(C(F)F)c1F)N1CCN(Cc2cccc(Nc3cc[nH]n3)n2)CC1. The number of anilines is 2. The molecular weight excluding hydrogens is 409 g/mol. The molecule has 3 aromatic rings. The first-order chi connectivity index (χ1) is 15.0. The lowest BCUT2D eigenvalue weighted by atomic mass is 10.1. The number of amides is 1. The normalized spacial score (nSPS) is 14.8. The van der Waals surface area contributed by atoms with Gasteiger partial charge >= 0.3 is 0 Å².